The summed E-state index contributed by atoms with van der Waals surface area (Å²) < 4.78 is 19.4. The van der Waals surface area contributed by atoms with Gasteiger partial charge in [0.05, 0.1) is 42.5 Å². The fourth-order valence-corrected chi connectivity index (χ4v) is 4.01. The Morgan fingerprint density at radius 1 is 0.971 bits per heavy atom. The summed E-state index contributed by atoms with van der Waals surface area (Å²) in [5.41, 5.74) is 2.85. The van der Waals surface area contributed by atoms with Gasteiger partial charge in [0.1, 0.15) is 11.5 Å². The Morgan fingerprint density at radius 2 is 1.71 bits per heavy atom. The molecule has 7 heteroatoms. The molecule has 0 amide bonds. The molecule has 0 bridgehead atoms. The molecule has 184 valence electrons. The molecule has 0 aliphatic rings. The van der Waals surface area contributed by atoms with Crippen LogP contribution < -0.4 is 4.74 Å². The quantitative estimate of drug-likeness (QED) is 0.286. The van der Waals surface area contributed by atoms with Crippen LogP contribution >= 0.6 is 0 Å². The lowest BCUT2D eigenvalue weighted by Crippen LogP contribution is -2.34. The second-order valence-corrected chi connectivity index (χ2v) is 8.31. The molecule has 4 rings (SSSR count). The van der Waals surface area contributed by atoms with Gasteiger partial charge in [-0.25, -0.2) is 4.68 Å². The molecule has 0 aliphatic carbocycles. The first-order valence-electron chi connectivity index (χ1n) is 12.1. The molecule has 0 radical (unpaired) electrons. The molecule has 0 spiro atoms. The number of aryl methyl sites for hydroxylation is 1. The van der Waals surface area contributed by atoms with E-state index in [4.69, 9.17) is 19.0 Å². The summed E-state index contributed by atoms with van der Waals surface area (Å²) in [7, 11) is 0. The average molecular weight is 476 g/mol. The van der Waals surface area contributed by atoms with Crippen LogP contribution in [-0.2, 0) is 24.2 Å². The Balaban J connectivity index is 1.71. The number of hydrogen-bond acceptors (Lipinski definition) is 6. The van der Waals surface area contributed by atoms with Crippen LogP contribution in [0.25, 0.3) is 5.69 Å². The summed E-state index contributed by atoms with van der Waals surface area (Å²) in [5.74, 6) is 2.23. The molecular weight excluding hydrogens is 442 g/mol. The van der Waals surface area contributed by atoms with E-state index in [1.807, 2.05) is 84.4 Å². The Kier molecular flexibility index (Phi) is 8.73. The summed E-state index contributed by atoms with van der Waals surface area (Å²) in [6, 6.07) is 23.5. The molecule has 0 saturated carbocycles. The lowest BCUT2D eigenvalue weighted by molar-refractivity contribution is 0.0166. The van der Waals surface area contributed by atoms with Crippen LogP contribution in [0.3, 0.4) is 0 Å². The van der Waals surface area contributed by atoms with Gasteiger partial charge in [-0.05, 0) is 49.7 Å². The van der Waals surface area contributed by atoms with Gasteiger partial charge in [0.15, 0.2) is 0 Å². The number of aliphatic hydroxyl groups is 1. The Hall–Kier alpha value is -3.39. The van der Waals surface area contributed by atoms with Crippen LogP contribution in [-0.4, -0.2) is 45.6 Å². The third-order valence-electron chi connectivity index (χ3n) is 5.64. The number of hydrogen-bond donors (Lipinski definition) is 1. The lowest BCUT2D eigenvalue weighted by atomic mass is 10.1. The van der Waals surface area contributed by atoms with E-state index < -0.39 is 6.10 Å². The molecule has 0 aliphatic heterocycles. The van der Waals surface area contributed by atoms with Crippen molar-refractivity contribution in [3.8, 4) is 17.3 Å². The Labute approximate surface area is 206 Å². The minimum atomic E-state index is -0.627. The highest BCUT2D eigenvalue weighted by Gasteiger charge is 2.24. The number of rotatable bonds is 13. The summed E-state index contributed by atoms with van der Waals surface area (Å²) >= 11 is 0. The standard InChI is InChI=1S/C28H33N3O4/c1-3-27-26(20-30(18-23(32)21-33-4-2)19-25-16-11-17-34-25)28(35-24-14-9-6-10-15-24)31(29-27)22-12-7-5-8-13-22/h5-17,23,32H,3-4,18-21H2,1-2H3/t23-/m1/s1. The fraction of sp³-hybridized carbons (Fsp3) is 0.321. The van der Waals surface area contributed by atoms with Crippen molar-refractivity contribution in [2.75, 3.05) is 19.8 Å². The molecule has 2 aromatic carbocycles. The maximum Gasteiger partial charge on any atom is 0.227 e. The van der Waals surface area contributed by atoms with Gasteiger partial charge in [0.2, 0.25) is 5.88 Å². The molecule has 4 aromatic rings. The average Bonchev–Trinajstić information content (AvgIpc) is 3.52. The van der Waals surface area contributed by atoms with Crippen molar-refractivity contribution in [3.05, 3.63) is 96.1 Å². The van der Waals surface area contributed by atoms with Crippen molar-refractivity contribution in [2.24, 2.45) is 0 Å². The second-order valence-electron chi connectivity index (χ2n) is 8.31. The molecule has 0 saturated heterocycles. The maximum absolute atomic E-state index is 10.6. The van der Waals surface area contributed by atoms with Gasteiger partial charge in [-0.15, -0.1) is 0 Å². The van der Waals surface area contributed by atoms with E-state index in [0.717, 1.165) is 34.9 Å². The number of aliphatic hydroxyl groups excluding tert-OH is 1. The van der Waals surface area contributed by atoms with E-state index in [2.05, 4.69) is 11.8 Å². The third kappa shape index (κ3) is 6.60. The SMILES string of the molecule is CCOC[C@H](O)CN(Cc1ccco1)Cc1c(CC)nn(-c2ccccc2)c1Oc1ccccc1. The smallest absolute Gasteiger partial charge is 0.227 e. The first kappa shape index (κ1) is 24.7. The van der Waals surface area contributed by atoms with Crippen molar-refractivity contribution >= 4 is 0 Å². The first-order chi connectivity index (χ1) is 17.2. The Morgan fingerprint density at radius 3 is 2.37 bits per heavy atom. The van der Waals surface area contributed by atoms with Crippen molar-refractivity contribution in [3.63, 3.8) is 0 Å². The van der Waals surface area contributed by atoms with Crippen molar-refractivity contribution in [2.45, 2.75) is 39.5 Å². The largest absolute Gasteiger partial charge is 0.468 e. The minimum absolute atomic E-state index is 0.280. The highest BCUT2D eigenvalue weighted by Crippen LogP contribution is 2.32. The topological polar surface area (TPSA) is 72.9 Å². The van der Waals surface area contributed by atoms with Gasteiger partial charge < -0.3 is 19.0 Å². The van der Waals surface area contributed by atoms with Crippen LogP contribution in [0.2, 0.25) is 0 Å². The van der Waals surface area contributed by atoms with Gasteiger partial charge in [0.25, 0.3) is 0 Å². The van der Waals surface area contributed by atoms with Gasteiger partial charge in [-0.2, -0.15) is 5.10 Å². The normalized spacial score (nSPS) is 12.2. The summed E-state index contributed by atoms with van der Waals surface area (Å²) in [6.45, 7) is 6.35. The molecule has 0 unspecified atom stereocenters. The highest BCUT2D eigenvalue weighted by atomic mass is 16.5. The van der Waals surface area contributed by atoms with Gasteiger partial charge in [0, 0.05) is 19.7 Å². The maximum atomic E-state index is 10.6. The van der Waals surface area contributed by atoms with Crippen LogP contribution in [0, 0.1) is 0 Å². The summed E-state index contributed by atoms with van der Waals surface area (Å²) in [4.78, 5) is 2.14. The van der Waals surface area contributed by atoms with Gasteiger partial charge in [-0.1, -0.05) is 43.3 Å². The first-order valence-corrected chi connectivity index (χ1v) is 12.1. The number of furan rings is 1. The van der Waals surface area contributed by atoms with E-state index in [1.54, 1.807) is 6.26 Å². The lowest BCUT2D eigenvalue weighted by Gasteiger charge is -2.24. The van der Waals surface area contributed by atoms with Crippen molar-refractivity contribution in [1.29, 1.82) is 0 Å². The molecular formula is C28H33N3O4. The molecule has 2 heterocycles. The van der Waals surface area contributed by atoms with E-state index in [0.29, 0.717) is 32.1 Å². The zero-order chi connectivity index (χ0) is 24.5. The second kappa shape index (κ2) is 12.4. The van der Waals surface area contributed by atoms with Crippen LogP contribution in [0.5, 0.6) is 11.6 Å². The van der Waals surface area contributed by atoms with Crippen LogP contribution in [0.1, 0.15) is 30.9 Å². The van der Waals surface area contributed by atoms with E-state index >= 15 is 0 Å². The highest BCUT2D eigenvalue weighted by molar-refractivity contribution is 5.43. The molecule has 35 heavy (non-hydrogen) atoms. The Bertz CT molecular complexity index is 1140. The number of ether oxygens (including phenoxy) is 2. The summed E-state index contributed by atoms with van der Waals surface area (Å²) in [5, 5.41) is 15.6. The predicted molar refractivity (Wildman–Crippen MR) is 135 cm³/mol. The zero-order valence-corrected chi connectivity index (χ0v) is 20.3. The number of nitrogens with zero attached hydrogens (tertiary/aromatic N) is 3. The van der Waals surface area contributed by atoms with E-state index in [1.165, 1.54) is 0 Å². The fourth-order valence-electron chi connectivity index (χ4n) is 4.01. The third-order valence-corrected chi connectivity index (χ3v) is 5.64. The van der Waals surface area contributed by atoms with Crippen molar-refractivity contribution in [1.82, 2.24) is 14.7 Å². The number of para-hydroxylation sites is 2. The van der Waals surface area contributed by atoms with Crippen LogP contribution in [0.15, 0.2) is 83.5 Å². The van der Waals surface area contributed by atoms with E-state index in [9.17, 15) is 5.11 Å². The van der Waals surface area contributed by atoms with Gasteiger partial charge in [-0.3, -0.25) is 4.90 Å². The van der Waals surface area contributed by atoms with Crippen molar-refractivity contribution < 1.29 is 19.0 Å². The van der Waals surface area contributed by atoms with Gasteiger partial charge >= 0.3 is 0 Å². The van der Waals surface area contributed by atoms with Crippen LogP contribution in [0.4, 0.5) is 0 Å². The monoisotopic (exact) mass is 475 g/mol. The molecule has 7 nitrogen and oxygen atoms in total. The number of aromatic nitrogens is 2. The number of benzene rings is 2. The summed E-state index contributed by atoms with van der Waals surface area (Å²) in [6.07, 6.45) is 1.78. The molecule has 2 aromatic heterocycles. The van der Waals surface area contributed by atoms with E-state index in [-0.39, 0.29) is 6.61 Å². The zero-order valence-electron chi connectivity index (χ0n) is 20.3. The molecule has 0 fully saturated rings. The predicted octanol–water partition coefficient (Wildman–Crippen LogP) is 5.22. The molecule has 1 atom stereocenters. The molecule has 1 N–H and O–H groups in total. The minimum Gasteiger partial charge on any atom is -0.468 e.